The molecule has 1 amide bonds. The average Bonchev–Trinajstić information content (AvgIpc) is 2.99. The van der Waals surface area contributed by atoms with E-state index >= 15 is 0 Å². The first kappa shape index (κ1) is 23.9. The quantitative estimate of drug-likeness (QED) is 0.350. The van der Waals surface area contributed by atoms with Crippen molar-refractivity contribution in [2.75, 3.05) is 27.2 Å². The minimum absolute atomic E-state index is 0. The predicted molar refractivity (Wildman–Crippen MR) is 125 cm³/mol. The number of likely N-dealkylation sites (N-methyl/N-ethyl adjacent to an activating group) is 1. The third-order valence-electron chi connectivity index (χ3n) is 4.09. The molecule has 0 aliphatic rings. The lowest BCUT2D eigenvalue weighted by Crippen LogP contribution is -2.43. The zero-order chi connectivity index (χ0) is 19.8. The normalized spacial score (nSPS) is 11.0. The van der Waals surface area contributed by atoms with Crippen LogP contribution in [0.4, 0.5) is 0 Å². The van der Waals surface area contributed by atoms with Crippen LogP contribution in [0.15, 0.2) is 35.3 Å². The Hall–Kier alpha value is -2.10. The molecule has 7 nitrogen and oxygen atoms in total. The summed E-state index contributed by atoms with van der Waals surface area (Å²) in [4.78, 5) is 18.1. The molecule has 1 aromatic heterocycles. The summed E-state index contributed by atoms with van der Waals surface area (Å²) in [6.07, 6.45) is 0.977. The van der Waals surface area contributed by atoms with Crippen LogP contribution in [0.3, 0.4) is 0 Å². The molecule has 0 fully saturated rings. The van der Waals surface area contributed by atoms with E-state index in [9.17, 15) is 4.79 Å². The summed E-state index contributed by atoms with van der Waals surface area (Å²) in [7, 11) is 3.48. The molecule has 2 rings (SSSR count). The van der Waals surface area contributed by atoms with Crippen LogP contribution in [-0.4, -0.2) is 53.7 Å². The third-order valence-corrected chi connectivity index (χ3v) is 4.09. The maximum atomic E-state index is 11.8. The van der Waals surface area contributed by atoms with Gasteiger partial charge in [0.05, 0.1) is 24.5 Å². The van der Waals surface area contributed by atoms with Gasteiger partial charge in [-0.3, -0.25) is 4.79 Å². The number of carbonyl (C=O) groups is 1. The van der Waals surface area contributed by atoms with Gasteiger partial charge in [-0.15, -0.1) is 24.0 Å². The van der Waals surface area contributed by atoms with Gasteiger partial charge in [-0.1, -0.05) is 25.1 Å². The number of amides is 1. The van der Waals surface area contributed by atoms with Gasteiger partial charge in [-0.25, -0.2) is 9.67 Å². The molecule has 2 N–H and O–H groups in total. The zero-order valence-corrected chi connectivity index (χ0v) is 19.7. The van der Waals surface area contributed by atoms with Crippen LogP contribution in [0.1, 0.15) is 30.3 Å². The molecule has 0 aliphatic heterocycles. The highest BCUT2D eigenvalue weighted by Crippen LogP contribution is 2.17. The number of nitrogens with zero attached hydrogens (tertiary/aromatic N) is 4. The maximum Gasteiger partial charge on any atom is 0.241 e. The number of halogens is 1. The second-order valence-electron chi connectivity index (χ2n) is 6.70. The van der Waals surface area contributed by atoms with E-state index in [1.54, 1.807) is 19.0 Å². The van der Waals surface area contributed by atoms with E-state index in [2.05, 4.69) is 39.8 Å². The highest BCUT2D eigenvalue weighted by Gasteiger charge is 2.09. The summed E-state index contributed by atoms with van der Waals surface area (Å²) in [5.41, 5.74) is 4.16. The molecule has 8 heteroatoms. The van der Waals surface area contributed by atoms with Crippen LogP contribution >= 0.6 is 24.0 Å². The van der Waals surface area contributed by atoms with Gasteiger partial charge in [-0.2, -0.15) is 5.10 Å². The van der Waals surface area contributed by atoms with E-state index in [1.807, 2.05) is 36.7 Å². The molecule has 0 atom stereocenters. The molecular weight excluding hydrogens is 467 g/mol. The standard InChI is InChI=1S/C20H30N6O.HI/c1-6-11-21-20(23-14-19(27)25(4)5)22-13-17-9-7-8-10-18(17)26-16(3)12-15(2)24-26;/h7-10,12H,6,11,13-14H2,1-5H3,(H2,21,22,23);1H. The molecule has 0 radical (unpaired) electrons. The van der Waals surface area contributed by atoms with E-state index < -0.39 is 0 Å². The number of hydrogen-bond acceptors (Lipinski definition) is 3. The Labute approximate surface area is 184 Å². The summed E-state index contributed by atoms with van der Waals surface area (Å²) in [5.74, 6) is 0.638. The number of rotatable bonds is 7. The molecule has 0 aliphatic carbocycles. The van der Waals surface area contributed by atoms with Crippen molar-refractivity contribution in [3.05, 3.63) is 47.3 Å². The summed E-state index contributed by atoms with van der Waals surface area (Å²) in [6.45, 7) is 7.62. The van der Waals surface area contributed by atoms with Gasteiger partial charge in [0.2, 0.25) is 5.91 Å². The lowest BCUT2D eigenvalue weighted by atomic mass is 10.2. The first-order chi connectivity index (χ1) is 12.9. The lowest BCUT2D eigenvalue weighted by molar-refractivity contribution is -0.127. The van der Waals surface area contributed by atoms with Gasteiger partial charge >= 0.3 is 0 Å². The van der Waals surface area contributed by atoms with Gasteiger partial charge in [0, 0.05) is 26.3 Å². The minimum atomic E-state index is 0. The number of aryl methyl sites for hydroxylation is 2. The largest absolute Gasteiger partial charge is 0.356 e. The Morgan fingerprint density at radius 2 is 1.93 bits per heavy atom. The van der Waals surface area contributed by atoms with Crippen molar-refractivity contribution >= 4 is 35.8 Å². The Kier molecular flexibility index (Phi) is 9.98. The maximum absolute atomic E-state index is 11.8. The van der Waals surface area contributed by atoms with Gasteiger partial charge in [0.15, 0.2) is 5.96 Å². The van der Waals surface area contributed by atoms with Gasteiger partial charge < -0.3 is 15.5 Å². The van der Waals surface area contributed by atoms with Crippen LogP contribution in [0.5, 0.6) is 0 Å². The lowest BCUT2D eigenvalue weighted by Gasteiger charge is -2.15. The smallest absolute Gasteiger partial charge is 0.241 e. The van der Waals surface area contributed by atoms with E-state index in [-0.39, 0.29) is 36.4 Å². The Bertz CT molecular complexity index is 800. The molecule has 0 spiro atoms. The highest BCUT2D eigenvalue weighted by molar-refractivity contribution is 14.0. The summed E-state index contributed by atoms with van der Waals surface area (Å²) >= 11 is 0. The van der Waals surface area contributed by atoms with Crippen molar-refractivity contribution in [3.8, 4) is 5.69 Å². The van der Waals surface area contributed by atoms with Gasteiger partial charge in [0.1, 0.15) is 0 Å². The monoisotopic (exact) mass is 498 g/mol. The number of hydrogen-bond donors (Lipinski definition) is 2. The van der Waals surface area contributed by atoms with Crippen LogP contribution in [0, 0.1) is 13.8 Å². The Balaban J connectivity index is 0.00000392. The first-order valence-electron chi connectivity index (χ1n) is 9.26. The predicted octanol–water partition coefficient (Wildman–Crippen LogP) is 2.64. The molecule has 28 heavy (non-hydrogen) atoms. The second kappa shape index (κ2) is 11.7. The molecule has 1 heterocycles. The molecule has 0 saturated carbocycles. The third kappa shape index (κ3) is 6.81. The topological polar surface area (TPSA) is 74.5 Å². The molecule has 1 aromatic carbocycles. The van der Waals surface area contributed by atoms with Crippen molar-refractivity contribution < 1.29 is 4.79 Å². The van der Waals surface area contributed by atoms with Crippen LogP contribution < -0.4 is 10.6 Å². The van der Waals surface area contributed by atoms with Gasteiger partial charge in [-0.05, 0) is 38.0 Å². The highest BCUT2D eigenvalue weighted by atomic mass is 127. The molecular formula is C20H31IN6O. The molecule has 0 saturated heterocycles. The second-order valence-corrected chi connectivity index (χ2v) is 6.70. The zero-order valence-electron chi connectivity index (χ0n) is 17.3. The first-order valence-corrected chi connectivity index (χ1v) is 9.26. The Morgan fingerprint density at radius 1 is 1.21 bits per heavy atom. The SMILES string of the molecule is CCCNC(=NCc1ccccc1-n1nc(C)cc1C)NCC(=O)N(C)C.I. The number of aliphatic imine (C=N–C) groups is 1. The fraction of sp³-hybridized carbons (Fsp3) is 0.450. The van der Waals surface area contributed by atoms with Crippen molar-refractivity contribution in [2.45, 2.75) is 33.7 Å². The van der Waals surface area contributed by atoms with Crippen LogP contribution in [0.2, 0.25) is 0 Å². The Morgan fingerprint density at radius 3 is 2.54 bits per heavy atom. The molecule has 154 valence electrons. The number of guanidine groups is 1. The summed E-state index contributed by atoms with van der Waals surface area (Å²) in [5, 5.41) is 10.9. The fourth-order valence-corrected chi connectivity index (χ4v) is 2.62. The van der Waals surface area contributed by atoms with Crippen molar-refractivity contribution in [3.63, 3.8) is 0 Å². The average molecular weight is 498 g/mol. The molecule has 0 bridgehead atoms. The van der Waals surface area contributed by atoms with E-state index in [1.165, 1.54) is 0 Å². The number of benzene rings is 1. The van der Waals surface area contributed by atoms with E-state index in [4.69, 9.17) is 0 Å². The minimum Gasteiger partial charge on any atom is -0.356 e. The van der Waals surface area contributed by atoms with Crippen LogP contribution in [0.25, 0.3) is 5.69 Å². The van der Waals surface area contributed by atoms with Crippen molar-refractivity contribution in [2.24, 2.45) is 4.99 Å². The molecule has 2 aromatic rings. The fourth-order valence-electron chi connectivity index (χ4n) is 2.62. The van der Waals surface area contributed by atoms with E-state index in [0.29, 0.717) is 12.5 Å². The summed E-state index contributed by atoms with van der Waals surface area (Å²) in [6, 6.07) is 10.2. The van der Waals surface area contributed by atoms with Crippen LogP contribution in [-0.2, 0) is 11.3 Å². The number of nitrogens with one attached hydrogen (secondary N) is 2. The van der Waals surface area contributed by atoms with E-state index in [0.717, 1.165) is 35.6 Å². The van der Waals surface area contributed by atoms with Gasteiger partial charge in [0.25, 0.3) is 0 Å². The number of carbonyl (C=O) groups excluding carboxylic acids is 1. The number of para-hydroxylation sites is 1. The van der Waals surface area contributed by atoms with Crippen molar-refractivity contribution in [1.29, 1.82) is 0 Å². The summed E-state index contributed by atoms with van der Waals surface area (Å²) < 4.78 is 1.95. The number of aromatic nitrogens is 2. The van der Waals surface area contributed by atoms with Crippen molar-refractivity contribution in [1.82, 2.24) is 25.3 Å². The molecule has 0 unspecified atom stereocenters.